The lowest BCUT2D eigenvalue weighted by Gasteiger charge is -2.31. The topological polar surface area (TPSA) is 128 Å². The summed E-state index contributed by atoms with van der Waals surface area (Å²) in [5, 5.41) is 16.0. The molecular formula is C21H23N7O3. The summed E-state index contributed by atoms with van der Waals surface area (Å²) in [6, 6.07) is 7.33. The van der Waals surface area contributed by atoms with Gasteiger partial charge in [0.1, 0.15) is 23.3 Å². The van der Waals surface area contributed by atoms with Gasteiger partial charge in [0.05, 0.1) is 36.5 Å². The molecule has 1 saturated heterocycles. The molecule has 31 heavy (non-hydrogen) atoms. The lowest BCUT2D eigenvalue weighted by atomic mass is 10.1. The first-order valence-electron chi connectivity index (χ1n) is 9.87. The number of nitrogens with one attached hydrogen (secondary N) is 3. The molecule has 3 aromatic rings. The molecule has 1 aliphatic heterocycles. The molecule has 3 heterocycles. The maximum Gasteiger partial charge on any atom is 0.254 e. The number of hydrogen-bond acceptors (Lipinski definition) is 8. The van der Waals surface area contributed by atoms with Gasteiger partial charge in [0, 0.05) is 31.9 Å². The number of aromatic amines is 1. The number of rotatable bonds is 5. The number of carbonyl (C=O) groups excluding carboxylic acids is 1. The molecule has 0 bridgehead atoms. The van der Waals surface area contributed by atoms with Gasteiger partial charge in [-0.3, -0.25) is 4.79 Å². The van der Waals surface area contributed by atoms with Gasteiger partial charge in [-0.25, -0.2) is 0 Å². The lowest BCUT2D eigenvalue weighted by molar-refractivity contribution is -0.0124. The molecule has 1 aromatic carbocycles. The highest BCUT2D eigenvalue weighted by atomic mass is 16.5. The van der Waals surface area contributed by atoms with E-state index < -0.39 is 0 Å². The largest absolute Gasteiger partial charge is 0.495 e. The van der Waals surface area contributed by atoms with Crippen molar-refractivity contribution in [1.82, 2.24) is 19.9 Å². The van der Waals surface area contributed by atoms with Gasteiger partial charge in [0.15, 0.2) is 0 Å². The van der Waals surface area contributed by atoms with Gasteiger partial charge in [-0.1, -0.05) is 0 Å². The first-order valence-corrected chi connectivity index (χ1v) is 9.87. The molecule has 3 N–H and O–H groups in total. The Hall–Kier alpha value is -3.84. The third-order valence-electron chi connectivity index (χ3n) is 5.11. The zero-order valence-electron chi connectivity index (χ0n) is 17.5. The van der Waals surface area contributed by atoms with E-state index in [1.165, 1.54) is 0 Å². The second-order valence-electron chi connectivity index (χ2n) is 7.16. The monoisotopic (exact) mass is 421 g/mol. The Kier molecular flexibility index (Phi) is 5.60. The molecule has 10 heteroatoms. The molecule has 0 aliphatic carbocycles. The molecule has 4 rings (SSSR count). The van der Waals surface area contributed by atoms with Crippen LogP contribution in [0.4, 0.5) is 17.5 Å². The Morgan fingerprint density at radius 1 is 1.42 bits per heavy atom. The smallest absolute Gasteiger partial charge is 0.254 e. The van der Waals surface area contributed by atoms with Crippen molar-refractivity contribution in [3.63, 3.8) is 0 Å². The lowest BCUT2D eigenvalue weighted by Crippen LogP contribution is -2.44. The first kappa shape index (κ1) is 20.4. The molecule has 2 aromatic heterocycles. The van der Waals surface area contributed by atoms with Crippen LogP contribution in [0, 0.1) is 11.3 Å². The molecule has 1 atom stereocenters. The summed E-state index contributed by atoms with van der Waals surface area (Å²) in [4.78, 5) is 26.6. The van der Waals surface area contributed by atoms with Crippen LogP contribution < -0.4 is 15.4 Å². The number of morpholine rings is 1. The van der Waals surface area contributed by atoms with Crippen LogP contribution in [0.1, 0.15) is 22.8 Å². The third-order valence-corrected chi connectivity index (χ3v) is 5.11. The van der Waals surface area contributed by atoms with Crippen LogP contribution in [0.15, 0.2) is 24.4 Å². The van der Waals surface area contributed by atoms with Crippen LogP contribution in [0.5, 0.6) is 5.75 Å². The van der Waals surface area contributed by atoms with Crippen molar-refractivity contribution >= 4 is 34.4 Å². The Morgan fingerprint density at radius 2 is 2.26 bits per heavy atom. The number of hydrogen-bond donors (Lipinski definition) is 3. The number of amides is 1. The van der Waals surface area contributed by atoms with E-state index in [1.807, 2.05) is 6.92 Å². The third kappa shape index (κ3) is 3.95. The van der Waals surface area contributed by atoms with Crippen LogP contribution in [-0.4, -0.2) is 65.7 Å². The minimum atomic E-state index is -0.0643. The van der Waals surface area contributed by atoms with Gasteiger partial charge in [-0.15, -0.1) is 0 Å². The number of benzene rings is 1. The molecule has 1 fully saturated rings. The number of H-pyrrole nitrogens is 1. The average molecular weight is 421 g/mol. The molecular weight excluding hydrogens is 398 g/mol. The normalized spacial score (nSPS) is 16.1. The Bertz CT molecular complexity index is 1170. The van der Waals surface area contributed by atoms with Crippen molar-refractivity contribution in [3.05, 3.63) is 35.5 Å². The van der Waals surface area contributed by atoms with E-state index >= 15 is 0 Å². The highest BCUT2D eigenvalue weighted by molar-refractivity contribution is 5.96. The van der Waals surface area contributed by atoms with E-state index in [0.717, 1.165) is 0 Å². The predicted octanol–water partition coefficient (Wildman–Crippen LogP) is 2.48. The van der Waals surface area contributed by atoms with Gasteiger partial charge in [0.25, 0.3) is 5.91 Å². The number of aromatic nitrogens is 3. The molecule has 1 aliphatic rings. The standard InChI is InChI=1S/C21H23N7O3/c1-12-11-28(6-7-31-12)20(29)13-4-5-15(16(8-13)30-3)25-21-26-18(23-2)17-14(9-22)10-24-19(17)27-21/h4-5,8,10,12H,6-7,11H2,1-3H3,(H3,23,24,25,26,27)/t12-/m0/s1. The maximum atomic E-state index is 12.9. The molecule has 0 saturated carbocycles. The number of methoxy groups -OCH3 is 1. The molecule has 1 amide bonds. The van der Waals surface area contributed by atoms with Crippen molar-refractivity contribution in [2.75, 3.05) is 44.5 Å². The van der Waals surface area contributed by atoms with E-state index in [0.29, 0.717) is 65.1 Å². The zero-order valence-corrected chi connectivity index (χ0v) is 17.5. The fraction of sp³-hybridized carbons (Fsp3) is 0.333. The Labute approximate surface area is 179 Å². The SMILES string of the molecule is CNc1nc(Nc2ccc(C(=O)N3CCO[C@@H](C)C3)cc2OC)nc2[nH]cc(C#N)c12. The van der Waals surface area contributed by atoms with Crippen molar-refractivity contribution in [2.45, 2.75) is 13.0 Å². The quantitative estimate of drug-likeness (QED) is 0.573. The highest BCUT2D eigenvalue weighted by Crippen LogP contribution is 2.31. The van der Waals surface area contributed by atoms with Crippen LogP contribution >= 0.6 is 0 Å². The summed E-state index contributed by atoms with van der Waals surface area (Å²) in [6.07, 6.45) is 1.61. The van der Waals surface area contributed by atoms with E-state index in [9.17, 15) is 10.1 Å². The van der Waals surface area contributed by atoms with E-state index in [-0.39, 0.29) is 12.0 Å². The van der Waals surface area contributed by atoms with Crippen molar-refractivity contribution in [1.29, 1.82) is 5.26 Å². The van der Waals surface area contributed by atoms with Gasteiger partial charge in [0.2, 0.25) is 5.95 Å². The number of fused-ring (bicyclic) bond motifs is 1. The molecule has 0 spiro atoms. The first-order chi connectivity index (χ1) is 15.0. The van der Waals surface area contributed by atoms with E-state index in [2.05, 4.69) is 31.7 Å². The molecule has 10 nitrogen and oxygen atoms in total. The van der Waals surface area contributed by atoms with Gasteiger partial charge in [-0.05, 0) is 25.1 Å². The van der Waals surface area contributed by atoms with Crippen LogP contribution in [-0.2, 0) is 4.74 Å². The number of ether oxygens (including phenoxy) is 2. The van der Waals surface area contributed by atoms with E-state index in [1.54, 1.807) is 43.5 Å². The average Bonchev–Trinajstić information content (AvgIpc) is 3.21. The van der Waals surface area contributed by atoms with E-state index in [4.69, 9.17) is 9.47 Å². The van der Waals surface area contributed by atoms with Gasteiger partial charge in [-0.2, -0.15) is 15.2 Å². The second kappa shape index (κ2) is 8.49. The molecule has 0 unspecified atom stereocenters. The summed E-state index contributed by atoms with van der Waals surface area (Å²) in [5.74, 6) is 1.27. The van der Waals surface area contributed by atoms with Crippen LogP contribution in [0.25, 0.3) is 11.0 Å². The fourth-order valence-corrected chi connectivity index (χ4v) is 3.59. The van der Waals surface area contributed by atoms with Crippen molar-refractivity contribution in [3.8, 4) is 11.8 Å². The number of nitrogens with zero attached hydrogens (tertiary/aromatic N) is 4. The summed E-state index contributed by atoms with van der Waals surface area (Å²) in [5.41, 5.74) is 2.14. The second-order valence-corrected chi connectivity index (χ2v) is 7.16. The summed E-state index contributed by atoms with van der Waals surface area (Å²) >= 11 is 0. The number of nitriles is 1. The maximum absolute atomic E-state index is 12.9. The summed E-state index contributed by atoms with van der Waals surface area (Å²) in [6.45, 7) is 3.60. The highest BCUT2D eigenvalue weighted by Gasteiger charge is 2.23. The van der Waals surface area contributed by atoms with Gasteiger partial charge >= 0.3 is 0 Å². The van der Waals surface area contributed by atoms with Crippen molar-refractivity contribution in [2.24, 2.45) is 0 Å². The van der Waals surface area contributed by atoms with Crippen molar-refractivity contribution < 1.29 is 14.3 Å². The van der Waals surface area contributed by atoms with Crippen LogP contribution in [0.2, 0.25) is 0 Å². The minimum Gasteiger partial charge on any atom is -0.495 e. The number of carbonyl (C=O) groups is 1. The molecule has 160 valence electrons. The minimum absolute atomic E-state index is 0.0171. The molecule has 0 radical (unpaired) electrons. The summed E-state index contributed by atoms with van der Waals surface area (Å²) < 4.78 is 11.0. The number of anilines is 3. The summed E-state index contributed by atoms with van der Waals surface area (Å²) in [7, 11) is 3.27. The Morgan fingerprint density at radius 3 is 2.97 bits per heavy atom. The zero-order chi connectivity index (χ0) is 22.0. The predicted molar refractivity (Wildman–Crippen MR) is 116 cm³/mol. The van der Waals surface area contributed by atoms with Gasteiger partial charge < -0.3 is 30.0 Å². The Balaban J connectivity index is 1.62. The van der Waals surface area contributed by atoms with Crippen LogP contribution in [0.3, 0.4) is 0 Å². The fourth-order valence-electron chi connectivity index (χ4n) is 3.59.